The maximum absolute atomic E-state index is 9.94. The van der Waals surface area contributed by atoms with Gasteiger partial charge in [-0.1, -0.05) is 60.7 Å². The van der Waals surface area contributed by atoms with E-state index in [1.54, 1.807) is 0 Å². The van der Waals surface area contributed by atoms with E-state index in [1.165, 1.54) is 0 Å². The second-order valence-electron chi connectivity index (χ2n) is 5.64. The van der Waals surface area contributed by atoms with Gasteiger partial charge < -0.3 is 14.9 Å². The SMILES string of the molecule is OC[C@]1(c2ccccc2)CC[C@@](CO)(c2ccccc2)O1. The van der Waals surface area contributed by atoms with Crippen molar-refractivity contribution in [2.75, 3.05) is 13.2 Å². The number of hydrogen-bond donors (Lipinski definition) is 2. The first-order chi connectivity index (χ1) is 10.2. The summed E-state index contributed by atoms with van der Waals surface area (Å²) in [6, 6.07) is 19.5. The molecule has 0 bridgehead atoms. The van der Waals surface area contributed by atoms with E-state index in [4.69, 9.17) is 4.74 Å². The molecule has 21 heavy (non-hydrogen) atoms. The van der Waals surface area contributed by atoms with Gasteiger partial charge in [-0.3, -0.25) is 0 Å². The predicted octanol–water partition coefficient (Wildman–Crippen LogP) is 2.57. The van der Waals surface area contributed by atoms with Crippen LogP contribution in [0.1, 0.15) is 24.0 Å². The normalized spacial score (nSPS) is 28.7. The molecule has 110 valence electrons. The summed E-state index contributed by atoms with van der Waals surface area (Å²) in [4.78, 5) is 0. The molecular weight excluding hydrogens is 264 g/mol. The van der Waals surface area contributed by atoms with Crippen LogP contribution >= 0.6 is 0 Å². The molecule has 1 fully saturated rings. The highest BCUT2D eigenvalue weighted by atomic mass is 16.5. The summed E-state index contributed by atoms with van der Waals surface area (Å²) < 4.78 is 6.31. The molecule has 3 nitrogen and oxygen atoms in total. The quantitative estimate of drug-likeness (QED) is 0.907. The Morgan fingerprint density at radius 1 is 0.714 bits per heavy atom. The summed E-state index contributed by atoms with van der Waals surface area (Å²) in [7, 11) is 0. The Morgan fingerprint density at radius 2 is 1.10 bits per heavy atom. The predicted molar refractivity (Wildman–Crippen MR) is 80.7 cm³/mol. The first kappa shape index (κ1) is 14.3. The lowest BCUT2D eigenvalue weighted by molar-refractivity contribution is -0.151. The van der Waals surface area contributed by atoms with Crippen LogP contribution in [0.4, 0.5) is 0 Å². The van der Waals surface area contributed by atoms with Crippen molar-refractivity contribution in [1.82, 2.24) is 0 Å². The standard InChI is InChI=1S/C18H20O3/c19-13-17(15-7-3-1-4-8-15)11-12-18(14-20,21-17)16-9-5-2-6-10-16/h1-10,19-20H,11-14H2/t17-,18+. The molecule has 1 saturated heterocycles. The fourth-order valence-corrected chi connectivity index (χ4v) is 3.18. The molecule has 0 spiro atoms. The molecule has 1 heterocycles. The zero-order valence-corrected chi connectivity index (χ0v) is 11.9. The zero-order chi connectivity index (χ0) is 14.8. The third-order valence-electron chi connectivity index (χ3n) is 4.43. The monoisotopic (exact) mass is 284 g/mol. The van der Waals surface area contributed by atoms with Gasteiger partial charge in [-0.2, -0.15) is 0 Å². The van der Waals surface area contributed by atoms with Gasteiger partial charge >= 0.3 is 0 Å². The van der Waals surface area contributed by atoms with Crippen LogP contribution in [0.2, 0.25) is 0 Å². The molecule has 2 atom stereocenters. The van der Waals surface area contributed by atoms with Gasteiger partial charge in [-0.15, -0.1) is 0 Å². The third kappa shape index (κ3) is 2.38. The maximum atomic E-state index is 9.94. The summed E-state index contributed by atoms with van der Waals surface area (Å²) in [5.41, 5.74) is 0.442. The van der Waals surface area contributed by atoms with Crippen LogP contribution in [-0.2, 0) is 15.9 Å². The average molecular weight is 284 g/mol. The molecule has 1 aliphatic heterocycles. The lowest BCUT2D eigenvalue weighted by Gasteiger charge is -2.34. The lowest BCUT2D eigenvalue weighted by Crippen LogP contribution is -2.37. The van der Waals surface area contributed by atoms with Gasteiger partial charge in [-0.05, 0) is 24.0 Å². The second-order valence-corrected chi connectivity index (χ2v) is 5.64. The minimum absolute atomic E-state index is 0.0917. The van der Waals surface area contributed by atoms with Crippen molar-refractivity contribution in [2.24, 2.45) is 0 Å². The highest BCUT2D eigenvalue weighted by Crippen LogP contribution is 2.49. The molecule has 0 aliphatic carbocycles. The molecular formula is C18H20O3. The second kappa shape index (κ2) is 5.60. The molecule has 0 saturated carbocycles. The molecule has 3 heteroatoms. The van der Waals surface area contributed by atoms with E-state index in [0.717, 1.165) is 11.1 Å². The van der Waals surface area contributed by atoms with Crippen LogP contribution in [-0.4, -0.2) is 23.4 Å². The van der Waals surface area contributed by atoms with Crippen molar-refractivity contribution >= 4 is 0 Å². The van der Waals surface area contributed by atoms with E-state index in [2.05, 4.69) is 0 Å². The molecule has 0 amide bonds. The molecule has 0 unspecified atom stereocenters. The molecule has 2 aromatic rings. The van der Waals surface area contributed by atoms with Gasteiger partial charge in [0.2, 0.25) is 0 Å². The highest BCUT2D eigenvalue weighted by molar-refractivity contribution is 5.29. The lowest BCUT2D eigenvalue weighted by atomic mass is 9.88. The molecule has 0 radical (unpaired) electrons. The topological polar surface area (TPSA) is 49.7 Å². The third-order valence-corrected chi connectivity index (χ3v) is 4.43. The molecule has 3 rings (SSSR count). The summed E-state index contributed by atoms with van der Waals surface area (Å²) in [5.74, 6) is 0. The van der Waals surface area contributed by atoms with Gasteiger partial charge in [0, 0.05) is 0 Å². The summed E-state index contributed by atoms with van der Waals surface area (Å²) in [6.07, 6.45) is 1.37. The van der Waals surface area contributed by atoms with Crippen LogP contribution in [0.3, 0.4) is 0 Å². The minimum Gasteiger partial charge on any atom is -0.393 e. The van der Waals surface area contributed by atoms with Gasteiger partial charge in [0.1, 0.15) is 11.2 Å². The molecule has 2 aromatic carbocycles. The Labute approximate surface area is 124 Å². The van der Waals surface area contributed by atoms with E-state index in [9.17, 15) is 10.2 Å². The molecule has 0 aromatic heterocycles. The first-order valence-corrected chi connectivity index (χ1v) is 7.28. The van der Waals surface area contributed by atoms with Crippen LogP contribution in [0.15, 0.2) is 60.7 Å². The van der Waals surface area contributed by atoms with Crippen molar-refractivity contribution in [3.05, 3.63) is 71.8 Å². The summed E-state index contributed by atoms with van der Waals surface area (Å²) in [5, 5.41) is 19.9. The number of rotatable bonds is 4. The van der Waals surface area contributed by atoms with Crippen molar-refractivity contribution in [3.63, 3.8) is 0 Å². The Kier molecular flexibility index (Phi) is 3.81. The fourth-order valence-electron chi connectivity index (χ4n) is 3.18. The number of benzene rings is 2. The van der Waals surface area contributed by atoms with Crippen molar-refractivity contribution in [1.29, 1.82) is 0 Å². The van der Waals surface area contributed by atoms with E-state index in [-0.39, 0.29) is 13.2 Å². The Balaban J connectivity index is 1.99. The van der Waals surface area contributed by atoms with Gasteiger partial charge in [-0.25, -0.2) is 0 Å². The van der Waals surface area contributed by atoms with E-state index in [1.807, 2.05) is 60.7 Å². The van der Waals surface area contributed by atoms with Crippen LogP contribution < -0.4 is 0 Å². The number of aliphatic hydroxyl groups is 2. The van der Waals surface area contributed by atoms with Gasteiger partial charge in [0.15, 0.2) is 0 Å². The maximum Gasteiger partial charge on any atom is 0.117 e. The number of ether oxygens (including phenoxy) is 1. The average Bonchev–Trinajstić information content (AvgIpc) is 2.98. The van der Waals surface area contributed by atoms with Crippen molar-refractivity contribution in [3.8, 4) is 0 Å². The van der Waals surface area contributed by atoms with E-state index in [0.29, 0.717) is 12.8 Å². The smallest absolute Gasteiger partial charge is 0.117 e. The van der Waals surface area contributed by atoms with Crippen LogP contribution in [0, 0.1) is 0 Å². The largest absolute Gasteiger partial charge is 0.393 e. The highest BCUT2D eigenvalue weighted by Gasteiger charge is 2.50. The summed E-state index contributed by atoms with van der Waals surface area (Å²) >= 11 is 0. The molecule has 1 aliphatic rings. The van der Waals surface area contributed by atoms with Crippen LogP contribution in [0.25, 0.3) is 0 Å². The number of aliphatic hydroxyl groups excluding tert-OH is 2. The summed E-state index contributed by atoms with van der Waals surface area (Å²) in [6.45, 7) is -0.183. The Hall–Kier alpha value is -1.68. The van der Waals surface area contributed by atoms with Crippen molar-refractivity contribution < 1.29 is 14.9 Å². The zero-order valence-electron chi connectivity index (χ0n) is 11.9. The van der Waals surface area contributed by atoms with Crippen molar-refractivity contribution in [2.45, 2.75) is 24.0 Å². The minimum atomic E-state index is -0.736. The molecule has 2 N–H and O–H groups in total. The van der Waals surface area contributed by atoms with E-state index >= 15 is 0 Å². The van der Waals surface area contributed by atoms with Gasteiger partial charge in [0.25, 0.3) is 0 Å². The fraction of sp³-hybridized carbons (Fsp3) is 0.333. The Morgan fingerprint density at radius 3 is 1.43 bits per heavy atom. The first-order valence-electron chi connectivity index (χ1n) is 7.28. The van der Waals surface area contributed by atoms with Crippen LogP contribution in [0.5, 0.6) is 0 Å². The van der Waals surface area contributed by atoms with Gasteiger partial charge in [0.05, 0.1) is 13.2 Å². The Bertz CT molecular complexity index is 530. The van der Waals surface area contributed by atoms with E-state index < -0.39 is 11.2 Å². The number of hydrogen-bond acceptors (Lipinski definition) is 3.